The van der Waals surface area contributed by atoms with Gasteiger partial charge in [0, 0.05) is 14.2 Å². The third kappa shape index (κ3) is 3.57. The van der Waals surface area contributed by atoms with Gasteiger partial charge >= 0.3 is 12.1 Å². The smallest absolute Gasteiger partial charge is 0.411 e. The van der Waals surface area contributed by atoms with Gasteiger partial charge in [0.15, 0.2) is 6.04 Å². The summed E-state index contributed by atoms with van der Waals surface area (Å²) in [5, 5.41) is 9.26. The zero-order valence-electron chi connectivity index (χ0n) is 11.9. The summed E-state index contributed by atoms with van der Waals surface area (Å²) in [5.41, 5.74) is -0.687. The Morgan fingerprint density at radius 1 is 1.21 bits per heavy atom. The average molecular weight is 275 g/mol. The lowest BCUT2D eigenvalue weighted by molar-refractivity contribution is -0.146. The number of likely N-dealkylation sites (tertiary alicyclic amines) is 1. The van der Waals surface area contributed by atoms with E-state index in [-0.39, 0.29) is 6.54 Å². The number of carboxylic acid groups (broad SMARTS) is 1. The molecule has 1 amide bonds. The van der Waals surface area contributed by atoms with E-state index in [2.05, 4.69) is 0 Å². The maximum Gasteiger partial charge on any atom is 0.411 e. The molecule has 0 radical (unpaired) electrons. The van der Waals surface area contributed by atoms with Gasteiger partial charge in [-0.1, -0.05) is 0 Å². The van der Waals surface area contributed by atoms with Crippen LogP contribution in [0.3, 0.4) is 0 Å². The fourth-order valence-corrected chi connectivity index (χ4v) is 2.06. The fourth-order valence-electron chi connectivity index (χ4n) is 2.06. The molecule has 0 bridgehead atoms. The Labute approximate surface area is 112 Å². The number of carboxylic acids is 1. The Balaban J connectivity index is 2.92. The number of nitrogens with zero attached hydrogens (tertiary/aromatic N) is 1. The lowest BCUT2D eigenvalue weighted by Crippen LogP contribution is -2.47. The average Bonchev–Trinajstić information content (AvgIpc) is 2.64. The molecule has 110 valence electrons. The first kappa shape index (κ1) is 15.7. The van der Waals surface area contributed by atoms with E-state index in [1.54, 1.807) is 20.8 Å². The zero-order chi connectivity index (χ0) is 14.8. The highest BCUT2D eigenvalue weighted by atomic mass is 16.6. The van der Waals surface area contributed by atoms with Crippen LogP contribution in [0.1, 0.15) is 20.8 Å². The number of methoxy groups -OCH3 is 2. The predicted molar refractivity (Wildman–Crippen MR) is 66.0 cm³/mol. The van der Waals surface area contributed by atoms with Crippen molar-refractivity contribution in [1.29, 1.82) is 0 Å². The summed E-state index contributed by atoms with van der Waals surface area (Å²) in [7, 11) is 2.85. The van der Waals surface area contributed by atoms with Gasteiger partial charge < -0.3 is 19.3 Å². The van der Waals surface area contributed by atoms with Gasteiger partial charge in [-0.25, -0.2) is 9.59 Å². The van der Waals surface area contributed by atoms with E-state index in [1.807, 2.05) is 0 Å². The molecule has 3 atom stereocenters. The van der Waals surface area contributed by atoms with Crippen LogP contribution >= 0.6 is 0 Å². The highest BCUT2D eigenvalue weighted by Gasteiger charge is 2.50. The summed E-state index contributed by atoms with van der Waals surface area (Å²) in [5.74, 6) is -1.14. The number of hydrogen-bond donors (Lipinski definition) is 1. The third-order valence-corrected chi connectivity index (χ3v) is 2.85. The molecule has 1 rings (SSSR count). The molecule has 1 heterocycles. The Morgan fingerprint density at radius 3 is 2.16 bits per heavy atom. The molecule has 0 spiro atoms. The van der Waals surface area contributed by atoms with E-state index in [1.165, 1.54) is 14.2 Å². The van der Waals surface area contributed by atoms with Crippen molar-refractivity contribution in [3.8, 4) is 0 Å². The molecule has 19 heavy (non-hydrogen) atoms. The second-order valence-electron chi connectivity index (χ2n) is 5.39. The van der Waals surface area contributed by atoms with Gasteiger partial charge in [-0.15, -0.1) is 0 Å². The molecule has 1 saturated heterocycles. The Bertz CT molecular complexity index is 351. The van der Waals surface area contributed by atoms with Gasteiger partial charge in [-0.3, -0.25) is 4.90 Å². The minimum Gasteiger partial charge on any atom is -0.480 e. The van der Waals surface area contributed by atoms with Crippen molar-refractivity contribution in [3.05, 3.63) is 0 Å². The number of hydrogen-bond acceptors (Lipinski definition) is 5. The summed E-state index contributed by atoms with van der Waals surface area (Å²) >= 11 is 0. The topological polar surface area (TPSA) is 85.3 Å². The monoisotopic (exact) mass is 275 g/mol. The van der Waals surface area contributed by atoms with Gasteiger partial charge in [0.1, 0.15) is 17.8 Å². The van der Waals surface area contributed by atoms with E-state index in [4.69, 9.17) is 14.2 Å². The lowest BCUT2D eigenvalue weighted by Gasteiger charge is -2.27. The van der Waals surface area contributed by atoms with Gasteiger partial charge in [0.2, 0.25) is 0 Å². The SMILES string of the molecule is CO[C@@H]1[C@H](OC)CN(C(=O)OC(C)(C)C)[C@H]1C(=O)O. The molecule has 1 fully saturated rings. The maximum atomic E-state index is 12.0. The molecule has 7 heteroatoms. The van der Waals surface area contributed by atoms with Crippen LogP contribution in [-0.4, -0.2) is 66.7 Å². The van der Waals surface area contributed by atoms with Crippen LogP contribution < -0.4 is 0 Å². The Hall–Kier alpha value is -1.34. The Morgan fingerprint density at radius 2 is 1.79 bits per heavy atom. The van der Waals surface area contributed by atoms with Crippen LogP contribution in [0.5, 0.6) is 0 Å². The Kier molecular flexibility index (Phi) is 4.75. The molecular weight excluding hydrogens is 254 g/mol. The summed E-state index contributed by atoms with van der Waals surface area (Å²) in [4.78, 5) is 24.5. The molecule has 1 aliphatic rings. The van der Waals surface area contributed by atoms with Gasteiger partial charge in [-0.05, 0) is 20.8 Å². The van der Waals surface area contributed by atoms with E-state index < -0.39 is 35.9 Å². The summed E-state index contributed by atoms with van der Waals surface area (Å²) < 4.78 is 15.5. The van der Waals surface area contributed by atoms with Crippen molar-refractivity contribution in [2.24, 2.45) is 0 Å². The molecule has 7 nitrogen and oxygen atoms in total. The van der Waals surface area contributed by atoms with Crippen molar-refractivity contribution in [2.45, 2.75) is 44.6 Å². The predicted octanol–water partition coefficient (Wildman–Crippen LogP) is 0.720. The van der Waals surface area contributed by atoms with Crippen LogP contribution in [0, 0.1) is 0 Å². The fraction of sp³-hybridized carbons (Fsp3) is 0.833. The van der Waals surface area contributed by atoms with Crippen LogP contribution in [0.4, 0.5) is 4.79 Å². The molecular formula is C12H21NO6. The molecule has 0 unspecified atom stereocenters. The summed E-state index contributed by atoms with van der Waals surface area (Å²) in [6.07, 6.45) is -1.88. The minimum atomic E-state index is -1.14. The second kappa shape index (κ2) is 5.75. The summed E-state index contributed by atoms with van der Waals surface area (Å²) in [6.45, 7) is 5.29. The maximum absolute atomic E-state index is 12.0. The standard InChI is InChI=1S/C12H21NO6/c1-12(2,3)19-11(16)13-6-7(17-4)9(18-5)8(13)10(14)15/h7-9H,6H2,1-5H3,(H,14,15)/t7-,8-,9-/m1/s1. The van der Waals surface area contributed by atoms with Gasteiger partial charge in [0.05, 0.1) is 6.54 Å². The summed E-state index contributed by atoms with van der Waals surface area (Å²) in [6, 6.07) is -1.11. The first-order valence-electron chi connectivity index (χ1n) is 5.99. The van der Waals surface area contributed by atoms with Crippen LogP contribution in [-0.2, 0) is 19.0 Å². The molecule has 0 aromatic carbocycles. The molecule has 1 aliphatic heterocycles. The van der Waals surface area contributed by atoms with Crippen molar-refractivity contribution in [2.75, 3.05) is 20.8 Å². The van der Waals surface area contributed by atoms with Crippen LogP contribution in [0.2, 0.25) is 0 Å². The normalized spacial score (nSPS) is 27.4. The first-order chi connectivity index (χ1) is 8.71. The van der Waals surface area contributed by atoms with E-state index >= 15 is 0 Å². The van der Waals surface area contributed by atoms with E-state index in [0.29, 0.717) is 0 Å². The zero-order valence-corrected chi connectivity index (χ0v) is 11.9. The number of rotatable bonds is 3. The number of aliphatic carboxylic acids is 1. The van der Waals surface area contributed by atoms with Crippen LogP contribution in [0.15, 0.2) is 0 Å². The van der Waals surface area contributed by atoms with E-state index in [0.717, 1.165) is 4.90 Å². The number of ether oxygens (including phenoxy) is 3. The largest absolute Gasteiger partial charge is 0.480 e. The van der Waals surface area contributed by atoms with Crippen LogP contribution in [0.25, 0.3) is 0 Å². The molecule has 0 saturated carbocycles. The molecule has 0 aromatic heterocycles. The quantitative estimate of drug-likeness (QED) is 0.817. The number of carbonyl (C=O) groups excluding carboxylic acids is 1. The molecule has 0 aromatic rings. The highest BCUT2D eigenvalue weighted by Crippen LogP contribution is 2.25. The minimum absolute atomic E-state index is 0.126. The number of carbonyl (C=O) groups is 2. The lowest BCUT2D eigenvalue weighted by atomic mass is 10.1. The van der Waals surface area contributed by atoms with Crippen molar-refractivity contribution in [1.82, 2.24) is 4.90 Å². The second-order valence-corrected chi connectivity index (χ2v) is 5.39. The van der Waals surface area contributed by atoms with Crippen molar-refractivity contribution >= 4 is 12.1 Å². The van der Waals surface area contributed by atoms with Crippen molar-refractivity contribution in [3.63, 3.8) is 0 Å². The highest BCUT2D eigenvalue weighted by molar-refractivity contribution is 5.82. The third-order valence-electron chi connectivity index (χ3n) is 2.85. The van der Waals surface area contributed by atoms with Gasteiger partial charge in [0.25, 0.3) is 0 Å². The van der Waals surface area contributed by atoms with Gasteiger partial charge in [-0.2, -0.15) is 0 Å². The van der Waals surface area contributed by atoms with E-state index in [9.17, 15) is 14.7 Å². The molecule has 0 aliphatic carbocycles. The number of amides is 1. The first-order valence-corrected chi connectivity index (χ1v) is 5.99. The molecule has 1 N–H and O–H groups in total. The van der Waals surface area contributed by atoms with Crippen molar-refractivity contribution < 1.29 is 28.9 Å².